The summed E-state index contributed by atoms with van der Waals surface area (Å²) in [5.74, 6) is 1.84. The Morgan fingerprint density at radius 3 is 1.68 bits per heavy atom. The third kappa shape index (κ3) is 11.4. The van der Waals surface area contributed by atoms with E-state index in [1.54, 1.807) is 12.1 Å². The summed E-state index contributed by atoms with van der Waals surface area (Å²) in [7, 11) is -6.27. The summed E-state index contributed by atoms with van der Waals surface area (Å²) in [6.07, 6.45) is 5.87. The van der Waals surface area contributed by atoms with E-state index in [1.807, 2.05) is 120 Å². The maximum atomic E-state index is 11.1. The third-order valence-corrected chi connectivity index (χ3v) is 25.2. The number of hydrogen-bond donors (Lipinski definition) is 0. The minimum Gasteiger partial charge on any atom is -0.458 e. The molecule has 0 unspecified atom stereocenters. The lowest BCUT2D eigenvalue weighted by atomic mass is 9.78. The van der Waals surface area contributed by atoms with Gasteiger partial charge in [-0.1, -0.05) is 305 Å². The Balaban J connectivity index is 0.923. The van der Waals surface area contributed by atoms with Gasteiger partial charge < -0.3 is 9.15 Å². The zero-order valence-corrected chi connectivity index (χ0v) is 62.4. The molecule has 6 nitrogen and oxygen atoms in total. The fourth-order valence-corrected chi connectivity index (χ4v) is 19.2. The SMILES string of the molecule is [2H]c1c([2H])c([2H])c([Si](c2c([2H])c([2H])c([2H])c([2H])c2[2H])(c2c([2H])c([2H])c([2H])c([2H])c2[2H])c2c([2H])c([2H])c([2H])c(-c3ccc4c(c3)-c3cccc(-c5cc(C(C)(C)C)cc(C(C)(C)C)c5)c3-[n+]3[c-]n(-c5cccc(Oc6ccc7c8ccccc8n(-c8cc(C(C)(C)C)ccn8)c7c6)c5)c5cc(-c6ccc7oc8ccccc8c7c6)cc(c53)-c3ccccc3-4)c2[2H])c([2H])c1[2H]. The summed E-state index contributed by atoms with van der Waals surface area (Å²) in [5, 5.41) is 0.209. The number of benzene rings is 14. The highest BCUT2D eigenvalue weighted by molar-refractivity contribution is 7.20. The first-order valence-corrected chi connectivity index (χ1v) is 38.4. The Bertz CT molecular complexity index is 7600. The molecule has 1 aliphatic rings. The fourth-order valence-electron chi connectivity index (χ4n) is 15.7. The van der Waals surface area contributed by atoms with E-state index in [2.05, 4.69) is 169 Å². The Labute approximate surface area is 664 Å². The second kappa shape index (κ2) is 25.8. The molecule has 14 aromatic carbocycles. The van der Waals surface area contributed by atoms with Crippen LogP contribution in [-0.4, -0.2) is 22.2 Å². The van der Waals surface area contributed by atoms with Gasteiger partial charge in [-0.05, 0) is 199 Å². The third-order valence-electron chi connectivity index (χ3n) is 21.2. The molecule has 19 rings (SSSR count). The number of fused-ring (bicyclic) bond motifs is 13. The van der Waals surface area contributed by atoms with E-state index in [1.165, 1.54) is 0 Å². The molecule has 5 heterocycles. The smallest absolute Gasteiger partial charge is 0.269 e. The van der Waals surface area contributed by atoms with Crippen LogP contribution in [0, 0.1) is 6.33 Å². The van der Waals surface area contributed by atoms with E-state index >= 15 is 0 Å². The molecule has 0 saturated carbocycles. The summed E-state index contributed by atoms with van der Waals surface area (Å²) < 4.78 is 204. The molecule has 0 radical (unpaired) electrons. The standard InChI is InChI=1S/C102H82N4O2Si/c1-100(2,3)71-52-53-103-97(62-71)106-92-44-23-21-40-85(92)86-50-48-76(64-93(86)106)107-75-30-26-29-74(63-75)104-65-105-98-81(70-54-72(101(4,5)6)61-73(55-70)102(7,8)9)42-27-43-88(98)89-57-67(66-28-25-37-80(56-66)109(77-31-13-10-14-32-77,78-33-15-11-16-34-78)79-35-17-12-18-36-79)46-49-84(89)82-38-19-20-39-83(82)91-59-69(60-94(104)99(91)105)68-47-51-96-90(58-68)87-41-22-24-45-95(87)108-96/h10-64H,1-9H3/i10D,11D,12D,13D,14D,15D,16D,17D,18D,25D,28D,31D,32D,33D,34D,35D,36D,37D,56D. The summed E-state index contributed by atoms with van der Waals surface area (Å²) >= 11 is 0. The Morgan fingerprint density at radius 1 is 0.385 bits per heavy atom. The highest BCUT2D eigenvalue weighted by atomic mass is 28.3. The zero-order chi connectivity index (χ0) is 90.6. The van der Waals surface area contributed by atoms with Crippen LogP contribution < -0.4 is 30.1 Å². The maximum absolute atomic E-state index is 11.1. The summed E-state index contributed by atoms with van der Waals surface area (Å²) in [5.41, 5.74) is 15.0. The highest BCUT2D eigenvalue weighted by Crippen LogP contribution is 2.49. The number of aromatic nitrogens is 4. The minimum atomic E-state index is -6.27. The summed E-state index contributed by atoms with van der Waals surface area (Å²) in [4.78, 5) is 4.96. The van der Waals surface area contributed by atoms with Gasteiger partial charge in [0.15, 0.2) is 8.07 Å². The summed E-state index contributed by atoms with van der Waals surface area (Å²) in [6, 6.07) is 51.2. The number of pyridine rings is 1. The lowest BCUT2D eigenvalue weighted by Gasteiger charge is -2.34. The average Bonchev–Trinajstić information content (AvgIpc) is 1.20. The average molecular weight is 1440 g/mol. The Kier molecular flexibility index (Phi) is 11.6. The van der Waals surface area contributed by atoms with E-state index in [-0.39, 0.29) is 11.0 Å². The summed E-state index contributed by atoms with van der Waals surface area (Å²) in [6.45, 7) is 19.6. The van der Waals surface area contributed by atoms with Crippen LogP contribution >= 0.6 is 0 Å². The van der Waals surface area contributed by atoms with Crippen molar-refractivity contribution in [3.63, 3.8) is 0 Å². The topological polar surface area (TPSA) is 49.0 Å². The lowest BCUT2D eigenvalue weighted by Crippen LogP contribution is -2.74. The fraction of sp³-hybridized carbons (Fsp3) is 0.118. The van der Waals surface area contributed by atoms with Gasteiger partial charge in [-0.25, -0.2) is 4.98 Å². The minimum absolute atomic E-state index is 0.0138. The van der Waals surface area contributed by atoms with Gasteiger partial charge in [-0.2, -0.15) is 0 Å². The van der Waals surface area contributed by atoms with Crippen LogP contribution in [-0.2, 0) is 16.2 Å². The molecule has 0 spiro atoms. The van der Waals surface area contributed by atoms with Crippen LogP contribution in [0.15, 0.2) is 338 Å². The van der Waals surface area contributed by atoms with Crippen molar-refractivity contribution >= 4 is 83.6 Å². The van der Waals surface area contributed by atoms with Crippen LogP contribution in [0.1, 0.15) is 105 Å². The van der Waals surface area contributed by atoms with Gasteiger partial charge in [0.1, 0.15) is 28.5 Å². The quantitative estimate of drug-likeness (QED) is 0.0561. The van der Waals surface area contributed by atoms with E-state index in [0.29, 0.717) is 61.7 Å². The molecule has 7 heteroatoms. The number of furan rings is 1. The van der Waals surface area contributed by atoms with Gasteiger partial charge in [-0.15, -0.1) is 0 Å². The molecule has 0 atom stereocenters. The van der Waals surface area contributed by atoms with Crippen molar-refractivity contribution in [2.75, 3.05) is 0 Å². The first-order chi connectivity index (χ1) is 60.8. The normalized spacial score (nSPS) is 14.9. The van der Waals surface area contributed by atoms with Crippen molar-refractivity contribution in [2.45, 2.75) is 78.6 Å². The predicted molar refractivity (Wildman–Crippen MR) is 455 cm³/mol. The molecular formula is C102H82N4O2Si. The van der Waals surface area contributed by atoms with E-state index in [4.69, 9.17) is 18.3 Å². The largest absolute Gasteiger partial charge is 0.458 e. The molecule has 1 aliphatic heterocycles. The van der Waals surface area contributed by atoms with Gasteiger partial charge in [0.25, 0.3) is 6.33 Å². The number of hydrogen-bond acceptors (Lipinski definition) is 3. The van der Waals surface area contributed by atoms with Gasteiger partial charge in [-0.3, -0.25) is 13.7 Å². The van der Waals surface area contributed by atoms with Crippen molar-refractivity contribution in [2.24, 2.45) is 0 Å². The second-order valence-electron chi connectivity index (χ2n) is 31.1. The molecule has 0 bridgehead atoms. The van der Waals surface area contributed by atoms with Crippen molar-refractivity contribution in [1.29, 1.82) is 0 Å². The van der Waals surface area contributed by atoms with Crippen molar-refractivity contribution in [1.82, 2.24) is 14.1 Å². The predicted octanol–water partition coefficient (Wildman–Crippen LogP) is 23.5. The van der Waals surface area contributed by atoms with Crippen molar-refractivity contribution in [3.8, 4) is 95.5 Å². The van der Waals surface area contributed by atoms with Gasteiger partial charge in [0.05, 0.1) is 59.5 Å². The number of ether oxygens (including phenoxy) is 1. The van der Waals surface area contributed by atoms with Crippen LogP contribution in [0.2, 0.25) is 0 Å². The Morgan fingerprint density at radius 2 is 0.963 bits per heavy atom. The first-order valence-electron chi connectivity index (χ1n) is 45.9. The molecule has 0 N–H and O–H groups in total. The van der Waals surface area contributed by atoms with E-state index in [9.17, 15) is 21.9 Å². The lowest BCUT2D eigenvalue weighted by molar-refractivity contribution is -0.570. The van der Waals surface area contributed by atoms with Crippen molar-refractivity contribution in [3.05, 3.63) is 356 Å². The van der Waals surface area contributed by atoms with Crippen LogP contribution in [0.4, 0.5) is 0 Å². The first kappa shape index (κ1) is 49.2. The zero-order valence-electron chi connectivity index (χ0n) is 80.4. The number of para-hydroxylation sites is 3. The number of rotatable bonds is 11. The van der Waals surface area contributed by atoms with Gasteiger partial charge >= 0.3 is 0 Å². The van der Waals surface area contributed by atoms with Crippen LogP contribution in [0.5, 0.6) is 11.5 Å². The van der Waals surface area contributed by atoms with Crippen LogP contribution in [0.25, 0.3) is 139 Å². The molecule has 18 aromatic rings. The molecular weight excluding hydrogens is 1340 g/mol. The number of imidazole rings is 1. The van der Waals surface area contributed by atoms with Gasteiger partial charge in [0, 0.05) is 33.8 Å². The Hall–Kier alpha value is -12.7. The molecule has 0 fully saturated rings. The monoisotopic (exact) mass is 1440 g/mol. The molecule has 0 amide bonds. The van der Waals surface area contributed by atoms with E-state index in [0.717, 1.165) is 94.1 Å². The number of nitrogens with zero attached hydrogens (tertiary/aromatic N) is 4. The maximum Gasteiger partial charge on any atom is 0.269 e. The highest BCUT2D eigenvalue weighted by Gasteiger charge is 2.42. The molecule has 0 aliphatic carbocycles. The molecule has 109 heavy (non-hydrogen) atoms. The molecule has 526 valence electrons. The van der Waals surface area contributed by atoms with E-state index < -0.39 is 160 Å². The second-order valence-corrected chi connectivity index (χ2v) is 34.6. The molecule has 4 aromatic heterocycles. The molecule has 0 saturated heterocycles. The van der Waals surface area contributed by atoms with Crippen LogP contribution in [0.3, 0.4) is 0 Å². The van der Waals surface area contributed by atoms with Crippen molar-refractivity contribution < 1.29 is 39.8 Å². The van der Waals surface area contributed by atoms with Gasteiger partial charge in [0.2, 0.25) is 0 Å².